The molecule has 0 aliphatic carbocycles. The molecule has 0 saturated carbocycles. The molecule has 0 unspecified atom stereocenters. The lowest BCUT2D eigenvalue weighted by atomic mass is 9.87. The highest BCUT2D eigenvalue weighted by Gasteiger charge is 2.19. The first-order chi connectivity index (χ1) is 12.2. The quantitative estimate of drug-likeness (QED) is 0.745. The third kappa shape index (κ3) is 5.19. The van der Waals surface area contributed by atoms with Crippen molar-refractivity contribution in [2.24, 2.45) is 0 Å². The number of carbonyl (C=O) groups is 2. The predicted molar refractivity (Wildman–Crippen MR) is 105 cm³/mol. The molecule has 2 rings (SSSR count). The normalized spacial score (nSPS) is 12.3. The predicted octanol–water partition coefficient (Wildman–Crippen LogP) is 4.98. The van der Waals surface area contributed by atoms with Crippen molar-refractivity contribution in [2.45, 2.75) is 52.6 Å². The summed E-state index contributed by atoms with van der Waals surface area (Å²) in [6.07, 6.45) is -0.0596. The number of benzene rings is 2. The molecule has 138 valence electrons. The van der Waals surface area contributed by atoms with Gasteiger partial charge in [-0.25, -0.2) is 0 Å². The van der Waals surface area contributed by atoms with Crippen molar-refractivity contribution in [3.05, 3.63) is 59.7 Å². The van der Waals surface area contributed by atoms with Crippen molar-refractivity contribution in [3.8, 4) is 5.75 Å². The average Bonchev–Trinajstić information content (AvgIpc) is 2.59. The van der Waals surface area contributed by atoms with E-state index in [0.29, 0.717) is 23.4 Å². The maximum Gasteiger partial charge on any atom is 0.265 e. The lowest BCUT2D eigenvalue weighted by Crippen LogP contribution is -2.32. The maximum absolute atomic E-state index is 12.5. The van der Waals surface area contributed by atoms with Gasteiger partial charge in [0.15, 0.2) is 11.9 Å². The van der Waals surface area contributed by atoms with Gasteiger partial charge in [-0.05, 0) is 48.6 Å². The van der Waals surface area contributed by atoms with Gasteiger partial charge in [0.05, 0.1) is 0 Å². The van der Waals surface area contributed by atoms with Crippen molar-refractivity contribution >= 4 is 17.4 Å². The van der Waals surface area contributed by atoms with Gasteiger partial charge >= 0.3 is 0 Å². The number of rotatable bonds is 6. The minimum absolute atomic E-state index is 0.0386. The molecule has 0 radical (unpaired) electrons. The molecule has 2 aromatic carbocycles. The third-order valence-electron chi connectivity index (χ3n) is 4.20. The molecule has 4 heteroatoms. The van der Waals surface area contributed by atoms with Crippen molar-refractivity contribution in [1.82, 2.24) is 0 Å². The van der Waals surface area contributed by atoms with Gasteiger partial charge in [-0.15, -0.1) is 0 Å². The van der Waals surface area contributed by atoms with Crippen LogP contribution in [0, 0.1) is 0 Å². The van der Waals surface area contributed by atoms with Gasteiger partial charge < -0.3 is 10.1 Å². The molecular weight excluding hydrogens is 326 g/mol. The molecule has 0 aliphatic rings. The van der Waals surface area contributed by atoms with E-state index in [-0.39, 0.29) is 17.1 Å². The minimum atomic E-state index is -0.600. The Labute approximate surface area is 155 Å². The number of hydrogen-bond donors (Lipinski definition) is 1. The highest BCUT2D eigenvalue weighted by molar-refractivity contribution is 5.98. The van der Waals surface area contributed by atoms with E-state index in [1.165, 1.54) is 12.5 Å². The number of nitrogens with one attached hydrogen (secondary N) is 1. The number of ether oxygens (including phenoxy) is 1. The van der Waals surface area contributed by atoms with Crippen LogP contribution in [-0.4, -0.2) is 17.8 Å². The Hall–Kier alpha value is -2.62. The van der Waals surface area contributed by atoms with Crippen LogP contribution in [0.25, 0.3) is 0 Å². The summed E-state index contributed by atoms with van der Waals surface area (Å²) >= 11 is 0. The van der Waals surface area contributed by atoms with E-state index in [0.717, 1.165) is 0 Å². The van der Waals surface area contributed by atoms with Crippen LogP contribution >= 0.6 is 0 Å². The molecule has 1 amide bonds. The fourth-order valence-electron chi connectivity index (χ4n) is 2.56. The van der Waals surface area contributed by atoms with E-state index in [1.807, 2.05) is 31.2 Å². The van der Waals surface area contributed by atoms with Gasteiger partial charge in [-0.3, -0.25) is 9.59 Å². The second-order valence-electron chi connectivity index (χ2n) is 7.42. The van der Waals surface area contributed by atoms with Crippen molar-refractivity contribution in [2.75, 3.05) is 5.32 Å². The minimum Gasteiger partial charge on any atom is -0.481 e. The van der Waals surface area contributed by atoms with Gasteiger partial charge in [0, 0.05) is 11.3 Å². The van der Waals surface area contributed by atoms with Crippen LogP contribution in [0.4, 0.5) is 5.69 Å². The second-order valence-corrected chi connectivity index (χ2v) is 7.42. The van der Waals surface area contributed by atoms with Crippen molar-refractivity contribution < 1.29 is 14.3 Å². The average molecular weight is 353 g/mol. The summed E-state index contributed by atoms with van der Waals surface area (Å²) in [6, 6.07) is 14.7. The third-order valence-corrected chi connectivity index (χ3v) is 4.20. The van der Waals surface area contributed by atoms with E-state index < -0.39 is 6.10 Å². The Kier molecular flexibility index (Phi) is 6.19. The second kappa shape index (κ2) is 8.17. The zero-order valence-corrected chi connectivity index (χ0v) is 16.1. The topological polar surface area (TPSA) is 55.4 Å². The molecule has 0 heterocycles. The molecule has 1 atom stereocenters. The molecule has 0 bridgehead atoms. The first-order valence-corrected chi connectivity index (χ1v) is 8.89. The summed E-state index contributed by atoms with van der Waals surface area (Å²) in [5.74, 6) is 0.397. The Morgan fingerprint density at radius 1 is 1.08 bits per heavy atom. The molecule has 0 fully saturated rings. The molecule has 2 aromatic rings. The number of carbonyl (C=O) groups excluding carboxylic acids is 2. The fraction of sp³-hybridized carbons (Fsp3) is 0.364. The molecule has 0 spiro atoms. The molecule has 0 aliphatic heterocycles. The Morgan fingerprint density at radius 3 is 2.27 bits per heavy atom. The summed E-state index contributed by atoms with van der Waals surface area (Å²) in [6.45, 7) is 9.86. The summed E-state index contributed by atoms with van der Waals surface area (Å²) < 4.78 is 5.86. The Balaban J connectivity index is 2.07. The molecule has 0 saturated heterocycles. The summed E-state index contributed by atoms with van der Waals surface area (Å²) in [5.41, 5.74) is 2.44. The highest BCUT2D eigenvalue weighted by atomic mass is 16.5. The zero-order valence-electron chi connectivity index (χ0n) is 16.1. The molecule has 4 nitrogen and oxygen atoms in total. The molecule has 0 aromatic heterocycles. The molecule has 26 heavy (non-hydrogen) atoms. The molecule has 1 N–H and O–H groups in total. The van der Waals surface area contributed by atoms with Crippen LogP contribution in [0.2, 0.25) is 0 Å². The van der Waals surface area contributed by atoms with Gasteiger partial charge in [-0.2, -0.15) is 0 Å². The monoisotopic (exact) mass is 353 g/mol. The van der Waals surface area contributed by atoms with Gasteiger partial charge in [0.1, 0.15) is 5.75 Å². The Bertz CT molecular complexity index is 773. The number of amides is 1. The standard InChI is InChI=1S/C22H27NO3/c1-6-20(26-19-12-10-17(11-13-19)22(3,4)5)21(25)23-18-9-7-8-16(14-18)15(2)24/h7-14,20H,6H2,1-5H3,(H,23,25)/t20-/m0/s1. The smallest absolute Gasteiger partial charge is 0.265 e. The lowest BCUT2D eigenvalue weighted by Gasteiger charge is -2.21. The highest BCUT2D eigenvalue weighted by Crippen LogP contribution is 2.25. The summed E-state index contributed by atoms with van der Waals surface area (Å²) in [7, 11) is 0. The van der Waals surface area contributed by atoms with Crippen LogP contribution in [0.1, 0.15) is 57.0 Å². The number of hydrogen-bond acceptors (Lipinski definition) is 3. The van der Waals surface area contributed by atoms with Gasteiger partial charge in [0.2, 0.25) is 0 Å². The Morgan fingerprint density at radius 2 is 1.73 bits per heavy atom. The first kappa shape index (κ1) is 19.7. The van der Waals surface area contributed by atoms with Gasteiger partial charge in [0.25, 0.3) is 5.91 Å². The summed E-state index contributed by atoms with van der Waals surface area (Å²) in [4.78, 5) is 24.0. The fourth-order valence-corrected chi connectivity index (χ4v) is 2.56. The number of Topliss-reactive ketones (excluding diaryl/α,β-unsaturated/α-hetero) is 1. The van der Waals surface area contributed by atoms with Crippen LogP contribution < -0.4 is 10.1 Å². The van der Waals surface area contributed by atoms with Crippen LogP contribution in [0.15, 0.2) is 48.5 Å². The van der Waals surface area contributed by atoms with Crippen molar-refractivity contribution in [3.63, 3.8) is 0 Å². The van der Waals surface area contributed by atoms with Crippen LogP contribution in [0.5, 0.6) is 5.75 Å². The van der Waals surface area contributed by atoms with Gasteiger partial charge in [-0.1, -0.05) is 52.0 Å². The zero-order chi connectivity index (χ0) is 19.3. The maximum atomic E-state index is 12.5. The largest absolute Gasteiger partial charge is 0.481 e. The van der Waals surface area contributed by atoms with E-state index in [1.54, 1.807) is 24.3 Å². The lowest BCUT2D eigenvalue weighted by molar-refractivity contribution is -0.122. The van der Waals surface area contributed by atoms with Crippen molar-refractivity contribution in [1.29, 1.82) is 0 Å². The van der Waals surface area contributed by atoms with E-state index in [9.17, 15) is 9.59 Å². The summed E-state index contributed by atoms with van der Waals surface area (Å²) in [5, 5.41) is 2.83. The number of ketones is 1. The first-order valence-electron chi connectivity index (χ1n) is 8.89. The van der Waals surface area contributed by atoms with Crippen LogP contribution in [-0.2, 0) is 10.2 Å². The SMILES string of the molecule is CC[C@H](Oc1ccc(C(C)(C)C)cc1)C(=O)Nc1cccc(C(C)=O)c1. The van der Waals surface area contributed by atoms with E-state index >= 15 is 0 Å². The van der Waals surface area contributed by atoms with E-state index in [2.05, 4.69) is 26.1 Å². The molecular formula is C22H27NO3. The van der Waals surface area contributed by atoms with E-state index in [4.69, 9.17) is 4.74 Å². The van der Waals surface area contributed by atoms with Crippen LogP contribution in [0.3, 0.4) is 0 Å². The number of anilines is 1.